The molecule has 0 aliphatic carbocycles. The van der Waals surface area contributed by atoms with Crippen LogP contribution in [0, 0.1) is 0 Å². The van der Waals surface area contributed by atoms with Crippen molar-refractivity contribution < 1.29 is 18.8 Å². The van der Waals surface area contributed by atoms with Crippen molar-refractivity contribution in [1.29, 1.82) is 0 Å². The zero-order valence-electron chi connectivity index (χ0n) is 14.5. The van der Waals surface area contributed by atoms with Gasteiger partial charge in [0.2, 0.25) is 5.76 Å². The van der Waals surface area contributed by atoms with Gasteiger partial charge in [-0.15, -0.1) is 0 Å². The van der Waals surface area contributed by atoms with E-state index in [9.17, 15) is 4.79 Å². The first-order valence-corrected chi connectivity index (χ1v) is 8.34. The number of aromatic nitrogens is 1. The summed E-state index contributed by atoms with van der Waals surface area (Å²) >= 11 is 0. The number of anilines is 1. The molecule has 0 fully saturated rings. The molecule has 1 atom stereocenters. The minimum Gasteiger partial charge on any atom is -0.497 e. The van der Waals surface area contributed by atoms with Crippen molar-refractivity contribution >= 4 is 11.6 Å². The number of hydrogen-bond donors (Lipinski definition) is 0. The maximum Gasteiger partial charge on any atom is 0.297 e. The van der Waals surface area contributed by atoms with E-state index in [1.54, 1.807) is 30.2 Å². The topological polar surface area (TPSA) is 64.8 Å². The smallest absolute Gasteiger partial charge is 0.297 e. The van der Waals surface area contributed by atoms with Crippen molar-refractivity contribution in [2.45, 2.75) is 13.0 Å². The molecular formula is C20H18N2O4. The van der Waals surface area contributed by atoms with Crippen molar-refractivity contribution in [1.82, 2.24) is 5.16 Å². The molecule has 1 aliphatic rings. The number of hydrogen-bond acceptors (Lipinski definition) is 5. The second kappa shape index (κ2) is 6.55. The lowest BCUT2D eigenvalue weighted by atomic mass is 10.1. The Kier molecular flexibility index (Phi) is 4.08. The normalized spacial score (nSPS) is 15.9. The lowest BCUT2D eigenvalue weighted by molar-refractivity contribution is 0.0925. The van der Waals surface area contributed by atoms with Crippen molar-refractivity contribution in [3.05, 3.63) is 60.4 Å². The van der Waals surface area contributed by atoms with Gasteiger partial charge in [-0.25, -0.2) is 0 Å². The number of nitrogens with zero attached hydrogens (tertiary/aromatic N) is 2. The van der Waals surface area contributed by atoms with Gasteiger partial charge >= 0.3 is 0 Å². The number of benzene rings is 2. The molecule has 6 nitrogen and oxygen atoms in total. The summed E-state index contributed by atoms with van der Waals surface area (Å²) in [6.07, 6.45) is -0.128. The van der Waals surface area contributed by atoms with E-state index in [2.05, 4.69) is 5.16 Å². The second-order valence-corrected chi connectivity index (χ2v) is 6.12. The molecule has 0 saturated heterocycles. The Morgan fingerprint density at radius 2 is 2.00 bits per heavy atom. The number of rotatable bonds is 3. The minimum absolute atomic E-state index is 0.128. The maximum atomic E-state index is 13.0. The third-order valence-electron chi connectivity index (χ3n) is 4.26. The fraction of sp³-hybridized carbons (Fsp3) is 0.200. The van der Waals surface area contributed by atoms with Gasteiger partial charge in [0.1, 0.15) is 23.3 Å². The summed E-state index contributed by atoms with van der Waals surface area (Å²) in [5.74, 6) is 1.22. The first-order valence-electron chi connectivity index (χ1n) is 8.34. The van der Waals surface area contributed by atoms with Crippen LogP contribution < -0.4 is 14.4 Å². The molecule has 1 aliphatic heterocycles. The number of methoxy groups -OCH3 is 1. The molecule has 6 heteroatoms. The average molecular weight is 350 g/mol. The molecule has 2 heterocycles. The van der Waals surface area contributed by atoms with Crippen LogP contribution in [0.15, 0.2) is 59.1 Å². The lowest BCUT2D eigenvalue weighted by Gasteiger charge is -2.33. The molecule has 0 bridgehead atoms. The Balaban J connectivity index is 1.68. The van der Waals surface area contributed by atoms with E-state index in [-0.39, 0.29) is 17.8 Å². The highest BCUT2D eigenvalue weighted by Gasteiger charge is 2.31. The first kappa shape index (κ1) is 16.2. The average Bonchev–Trinajstić information content (AvgIpc) is 3.17. The SMILES string of the molecule is COc1ccc2c(c1)N(C(=O)c1cc(-c3ccccc3)no1)C[C@@H](C)O2. The Morgan fingerprint density at radius 3 is 2.77 bits per heavy atom. The van der Waals surface area contributed by atoms with Crippen molar-refractivity contribution in [3.63, 3.8) is 0 Å². The van der Waals surface area contributed by atoms with Crippen molar-refractivity contribution in [2.75, 3.05) is 18.6 Å². The third-order valence-corrected chi connectivity index (χ3v) is 4.26. The molecule has 0 N–H and O–H groups in total. The van der Waals surface area contributed by atoms with E-state index >= 15 is 0 Å². The van der Waals surface area contributed by atoms with Gasteiger partial charge in [0, 0.05) is 17.7 Å². The van der Waals surface area contributed by atoms with Crippen molar-refractivity contribution in [3.8, 4) is 22.8 Å². The van der Waals surface area contributed by atoms with Gasteiger partial charge in [-0.3, -0.25) is 9.69 Å². The van der Waals surface area contributed by atoms with Gasteiger partial charge < -0.3 is 14.0 Å². The Morgan fingerprint density at radius 1 is 1.19 bits per heavy atom. The summed E-state index contributed by atoms with van der Waals surface area (Å²) in [5.41, 5.74) is 2.18. The number of carbonyl (C=O) groups excluding carboxylic acids is 1. The van der Waals surface area contributed by atoms with Crippen LogP contribution in [0.2, 0.25) is 0 Å². The van der Waals surface area contributed by atoms with Gasteiger partial charge in [0.25, 0.3) is 5.91 Å². The quantitative estimate of drug-likeness (QED) is 0.719. The van der Waals surface area contributed by atoms with Crippen LogP contribution in [-0.4, -0.2) is 30.8 Å². The largest absolute Gasteiger partial charge is 0.497 e. The molecule has 0 radical (unpaired) electrons. The van der Waals surface area contributed by atoms with Crippen LogP contribution in [0.3, 0.4) is 0 Å². The van der Waals surface area contributed by atoms with E-state index in [4.69, 9.17) is 14.0 Å². The zero-order chi connectivity index (χ0) is 18.1. The van der Waals surface area contributed by atoms with E-state index in [0.717, 1.165) is 5.56 Å². The second-order valence-electron chi connectivity index (χ2n) is 6.12. The zero-order valence-corrected chi connectivity index (χ0v) is 14.5. The molecular weight excluding hydrogens is 332 g/mol. The number of fused-ring (bicyclic) bond motifs is 1. The van der Waals surface area contributed by atoms with E-state index in [1.165, 1.54) is 0 Å². The highest BCUT2D eigenvalue weighted by atomic mass is 16.5. The summed E-state index contributed by atoms with van der Waals surface area (Å²) in [4.78, 5) is 14.7. The van der Waals surface area contributed by atoms with E-state index < -0.39 is 0 Å². The van der Waals surface area contributed by atoms with E-state index in [0.29, 0.717) is 29.4 Å². The number of carbonyl (C=O) groups is 1. The van der Waals surface area contributed by atoms with Crippen LogP contribution in [0.1, 0.15) is 17.5 Å². The molecule has 132 valence electrons. The Bertz CT molecular complexity index is 936. The molecule has 2 aromatic carbocycles. The first-order chi connectivity index (χ1) is 12.7. The molecule has 26 heavy (non-hydrogen) atoms. The van der Waals surface area contributed by atoms with Crippen LogP contribution in [0.4, 0.5) is 5.69 Å². The summed E-state index contributed by atoms with van der Waals surface area (Å²) in [7, 11) is 1.59. The predicted octanol–water partition coefficient (Wildman–Crippen LogP) is 3.78. The van der Waals surface area contributed by atoms with Crippen LogP contribution >= 0.6 is 0 Å². The molecule has 4 rings (SSSR count). The van der Waals surface area contributed by atoms with Gasteiger partial charge in [-0.1, -0.05) is 35.5 Å². The summed E-state index contributed by atoms with van der Waals surface area (Å²) in [5, 5.41) is 4.03. The summed E-state index contributed by atoms with van der Waals surface area (Å²) in [6.45, 7) is 2.34. The molecule has 0 saturated carbocycles. The standard InChI is InChI=1S/C20H18N2O4/c1-13-12-22(17-10-15(24-2)8-9-18(17)25-13)20(23)19-11-16(21-26-19)14-6-4-3-5-7-14/h3-11,13H,12H2,1-2H3/t13-/m1/s1. The minimum atomic E-state index is -0.260. The number of amides is 1. The summed E-state index contributed by atoms with van der Waals surface area (Å²) < 4.78 is 16.4. The van der Waals surface area contributed by atoms with Crippen LogP contribution in [0.5, 0.6) is 11.5 Å². The van der Waals surface area contributed by atoms with Gasteiger partial charge in [-0.05, 0) is 19.1 Å². The van der Waals surface area contributed by atoms with Crippen LogP contribution in [-0.2, 0) is 0 Å². The van der Waals surface area contributed by atoms with E-state index in [1.807, 2.05) is 43.3 Å². The van der Waals surface area contributed by atoms with Crippen molar-refractivity contribution in [2.24, 2.45) is 0 Å². The summed E-state index contributed by atoms with van der Waals surface area (Å²) in [6, 6.07) is 16.7. The number of ether oxygens (including phenoxy) is 2. The third kappa shape index (κ3) is 2.90. The lowest BCUT2D eigenvalue weighted by Crippen LogP contribution is -2.42. The highest BCUT2D eigenvalue weighted by Crippen LogP contribution is 2.37. The Labute approximate surface area is 150 Å². The Hall–Kier alpha value is -3.28. The fourth-order valence-electron chi connectivity index (χ4n) is 2.99. The predicted molar refractivity (Wildman–Crippen MR) is 96.7 cm³/mol. The maximum absolute atomic E-state index is 13.0. The van der Waals surface area contributed by atoms with Gasteiger partial charge in [-0.2, -0.15) is 0 Å². The molecule has 0 unspecified atom stereocenters. The molecule has 1 aromatic heterocycles. The molecule has 0 spiro atoms. The monoisotopic (exact) mass is 350 g/mol. The van der Waals surface area contributed by atoms with Gasteiger partial charge in [0.15, 0.2) is 0 Å². The fourth-order valence-corrected chi connectivity index (χ4v) is 2.99. The van der Waals surface area contributed by atoms with Gasteiger partial charge in [0.05, 0.1) is 19.3 Å². The highest BCUT2D eigenvalue weighted by molar-refractivity contribution is 6.06. The molecule has 3 aromatic rings. The van der Waals surface area contributed by atoms with Crippen LogP contribution in [0.25, 0.3) is 11.3 Å². The molecule has 1 amide bonds.